The van der Waals surface area contributed by atoms with Crippen LogP contribution in [0.2, 0.25) is 0 Å². The topological polar surface area (TPSA) is 87.5 Å². The van der Waals surface area contributed by atoms with E-state index in [0.29, 0.717) is 23.7 Å². The molecule has 1 saturated heterocycles. The molecule has 0 spiro atoms. The standard InChI is InChI=1S/C21H26N4O2.ClH/c1-15(22)17-6-5-13-25(14-17)20(26)16-9-11-19(12-10-16)24-21(27)23-18-7-3-2-4-8-18;/h2-4,7-12,15,17H,5-6,13-14,22H2,1H3,(H2,23,24,27);1H. The number of carbonyl (C=O) groups is 2. The number of para-hydroxylation sites is 1. The largest absolute Gasteiger partial charge is 0.338 e. The Morgan fingerprint density at radius 3 is 2.25 bits per heavy atom. The number of likely N-dealkylation sites (tertiary alicyclic amines) is 1. The SMILES string of the molecule is CC(N)C1CCCN(C(=O)c2ccc(NC(=O)Nc3ccccc3)cc2)C1.Cl. The predicted octanol–water partition coefficient (Wildman–Crippen LogP) is 3.95. The van der Waals surface area contributed by atoms with Gasteiger partial charge in [0.25, 0.3) is 5.91 Å². The molecule has 6 nitrogen and oxygen atoms in total. The highest BCUT2D eigenvalue weighted by Gasteiger charge is 2.26. The molecule has 1 aliphatic rings. The van der Waals surface area contributed by atoms with E-state index < -0.39 is 0 Å². The van der Waals surface area contributed by atoms with Crippen LogP contribution in [0.1, 0.15) is 30.1 Å². The van der Waals surface area contributed by atoms with Crippen molar-refractivity contribution >= 4 is 35.7 Å². The molecule has 150 valence electrons. The summed E-state index contributed by atoms with van der Waals surface area (Å²) in [5.74, 6) is 0.367. The van der Waals surface area contributed by atoms with Crippen LogP contribution in [0.5, 0.6) is 0 Å². The Bertz CT molecular complexity index is 781. The molecule has 0 radical (unpaired) electrons. The first-order valence-electron chi connectivity index (χ1n) is 9.31. The van der Waals surface area contributed by atoms with Crippen molar-refractivity contribution in [2.75, 3.05) is 23.7 Å². The molecule has 0 saturated carbocycles. The summed E-state index contributed by atoms with van der Waals surface area (Å²) >= 11 is 0. The van der Waals surface area contributed by atoms with Gasteiger partial charge in [-0.25, -0.2) is 4.79 Å². The first-order valence-corrected chi connectivity index (χ1v) is 9.31. The summed E-state index contributed by atoms with van der Waals surface area (Å²) in [4.78, 5) is 26.6. The van der Waals surface area contributed by atoms with Gasteiger partial charge in [-0.2, -0.15) is 0 Å². The quantitative estimate of drug-likeness (QED) is 0.723. The summed E-state index contributed by atoms with van der Waals surface area (Å²) in [6, 6.07) is 16.0. The van der Waals surface area contributed by atoms with Crippen molar-refractivity contribution in [1.82, 2.24) is 4.90 Å². The Morgan fingerprint density at radius 1 is 1.04 bits per heavy atom. The first-order chi connectivity index (χ1) is 13.0. The Kier molecular flexibility index (Phi) is 7.84. The lowest BCUT2D eigenvalue weighted by Gasteiger charge is -2.34. The maximum Gasteiger partial charge on any atom is 0.323 e. The van der Waals surface area contributed by atoms with E-state index in [4.69, 9.17) is 5.73 Å². The molecule has 28 heavy (non-hydrogen) atoms. The fraction of sp³-hybridized carbons (Fsp3) is 0.333. The van der Waals surface area contributed by atoms with Crippen LogP contribution in [0.15, 0.2) is 54.6 Å². The van der Waals surface area contributed by atoms with Gasteiger partial charge in [-0.05, 0) is 62.1 Å². The number of hydrogen-bond acceptors (Lipinski definition) is 3. The number of amides is 3. The number of nitrogens with one attached hydrogen (secondary N) is 2. The van der Waals surface area contributed by atoms with E-state index in [1.165, 1.54) is 0 Å². The number of nitrogens with two attached hydrogens (primary N) is 1. The summed E-state index contributed by atoms with van der Waals surface area (Å²) in [5, 5.41) is 5.52. The third kappa shape index (κ3) is 5.71. The molecule has 0 aliphatic carbocycles. The number of carbonyl (C=O) groups excluding carboxylic acids is 2. The Labute approximate surface area is 171 Å². The van der Waals surface area contributed by atoms with Gasteiger partial charge < -0.3 is 21.3 Å². The number of rotatable bonds is 4. The average Bonchev–Trinajstić information content (AvgIpc) is 2.69. The van der Waals surface area contributed by atoms with E-state index in [2.05, 4.69) is 10.6 Å². The van der Waals surface area contributed by atoms with Crippen LogP contribution in [0.25, 0.3) is 0 Å². The molecule has 2 aromatic carbocycles. The number of nitrogens with zero attached hydrogens (tertiary/aromatic N) is 1. The summed E-state index contributed by atoms with van der Waals surface area (Å²) < 4.78 is 0. The van der Waals surface area contributed by atoms with E-state index in [1.54, 1.807) is 24.3 Å². The minimum Gasteiger partial charge on any atom is -0.338 e. The second-order valence-electron chi connectivity index (χ2n) is 7.04. The van der Waals surface area contributed by atoms with Crippen LogP contribution in [0.3, 0.4) is 0 Å². The smallest absolute Gasteiger partial charge is 0.323 e. The molecule has 1 fully saturated rings. The van der Waals surface area contributed by atoms with Crippen molar-refractivity contribution in [2.24, 2.45) is 11.7 Å². The van der Waals surface area contributed by atoms with Crippen molar-refractivity contribution in [1.29, 1.82) is 0 Å². The average molecular weight is 403 g/mol. The van der Waals surface area contributed by atoms with Crippen LogP contribution in [-0.4, -0.2) is 36.0 Å². The van der Waals surface area contributed by atoms with Crippen molar-refractivity contribution in [3.05, 3.63) is 60.2 Å². The predicted molar refractivity (Wildman–Crippen MR) is 115 cm³/mol. The van der Waals surface area contributed by atoms with Crippen LogP contribution < -0.4 is 16.4 Å². The van der Waals surface area contributed by atoms with Gasteiger partial charge in [-0.3, -0.25) is 4.79 Å². The van der Waals surface area contributed by atoms with Gasteiger partial charge in [-0.1, -0.05) is 18.2 Å². The normalized spacial score (nSPS) is 17.2. The van der Waals surface area contributed by atoms with Crippen LogP contribution >= 0.6 is 12.4 Å². The van der Waals surface area contributed by atoms with Gasteiger partial charge in [0.2, 0.25) is 0 Å². The molecule has 7 heteroatoms. The number of halogens is 1. The molecule has 0 bridgehead atoms. The highest BCUT2D eigenvalue weighted by Crippen LogP contribution is 2.21. The lowest BCUT2D eigenvalue weighted by molar-refractivity contribution is 0.0661. The van der Waals surface area contributed by atoms with Crippen molar-refractivity contribution in [2.45, 2.75) is 25.8 Å². The van der Waals surface area contributed by atoms with Gasteiger partial charge in [0, 0.05) is 36.1 Å². The lowest BCUT2D eigenvalue weighted by Crippen LogP contribution is -2.45. The molecule has 3 amide bonds. The zero-order chi connectivity index (χ0) is 19.2. The molecule has 3 rings (SSSR count). The van der Waals surface area contributed by atoms with Crippen molar-refractivity contribution in [3.63, 3.8) is 0 Å². The molecule has 1 heterocycles. The fourth-order valence-electron chi connectivity index (χ4n) is 3.32. The third-order valence-corrected chi connectivity index (χ3v) is 4.91. The molecule has 1 aliphatic heterocycles. The van der Waals surface area contributed by atoms with Gasteiger partial charge >= 0.3 is 6.03 Å². The van der Waals surface area contributed by atoms with E-state index >= 15 is 0 Å². The molecule has 2 aromatic rings. The number of piperidine rings is 1. The Morgan fingerprint density at radius 2 is 1.64 bits per heavy atom. The van der Waals surface area contributed by atoms with Crippen molar-refractivity contribution < 1.29 is 9.59 Å². The monoisotopic (exact) mass is 402 g/mol. The van der Waals surface area contributed by atoms with E-state index in [-0.39, 0.29) is 30.4 Å². The number of hydrogen-bond donors (Lipinski definition) is 3. The third-order valence-electron chi connectivity index (χ3n) is 4.91. The molecular weight excluding hydrogens is 376 g/mol. The minimum atomic E-state index is -0.323. The molecule has 2 unspecified atom stereocenters. The van der Waals surface area contributed by atoms with Gasteiger partial charge in [0.05, 0.1) is 0 Å². The number of anilines is 2. The maximum absolute atomic E-state index is 12.7. The zero-order valence-corrected chi connectivity index (χ0v) is 16.7. The maximum atomic E-state index is 12.7. The summed E-state index contributed by atoms with van der Waals surface area (Å²) in [6.45, 7) is 3.47. The second-order valence-corrected chi connectivity index (χ2v) is 7.04. The zero-order valence-electron chi connectivity index (χ0n) is 15.9. The molecule has 4 N–H and O–H groups in total. The summed E-state index contributed by atoms with van der Waals surface area (Å²) in [6.07, 6.45) is 2.05. The van der Waals surface area contributed by atoms with Gasteiger partial charge in [-0.15, -0.1) is 12.4 Å². The van der Waals surface area contributed by atoms with E-state index in [0.717, 1.165) is 25.1 Å². The highest BCUT2D eigenvalue weighted by molar-refractivity contribution is 6.00. The van der Waals surface area contributed by atoms with Gasteiger partial charge in [0.1, 0.15) is 0 Å². The lowest BCUT2D eigenvalue weighted by atomic mass is 9.92. The number of benzene rings is 2. The Balaban J connectivity index is 0.00000280. The second kappa shape index (κ2) is 10.1. The molecular formula is C21H27ClN4O2. The first kappa shape index (κ1) is 21.7. The summed E-state index contributed by atoms with van der Waals surface area (Å²) in [7, 11) is 0. The van der Waals surface area contributed by atoms with E-state index in [1.807, 2.05) is 42.2 Å². The molecule has 2 atom stereocenters. The fourth-order valence-corrected chi connectivity index (χ4v) is 3.32. The minimum absolute atomic E-state index is 0. The Hall–Kier alpha value is -2.57. The molecule has 0 aromatic heterocycles. The summed E-state index contributed by atoms with van der Waals surface area (Å²) in [5.41, 5.74) is 7.97. The number of urea groups is 1. The van der Waals surface area contributed by atoms with Crippen LogP contribution in [-0.2, 0) is 0 Å². The van der Waals surface area contributed by atoms with Gasteiger partial charge in [0.15, 0.2) is 0 Å². The van der Waals surface area contributed by atoms with Crippen molar-refractivity contribution in [3.8, 4) is 0 Å². The van der Waals surface area contributed by atoms with Crippen LogP contribution in [0, 0.1) is 5.92 Å². The van der Waals surface area contributed by atoms with E-state index in [9.17, 15) is 9.59 Å². The highest BCUT2D eigenvalue weighted by atomic mass is 35.5. The van der Waals surface area contributed by atoms with Crippen LogP contribution in [0.4, 0.5) is 16.2 Å².